The Morgan fingerprint density at radius 3 is 2.41 bits per heavy atom. The highest BCUT2D eigenvalue weighted by Gasteiger charge is 2.29. The molecule has 1 saturated heterocycles. The maximum Gasteiger partial charge on any atom is 0.273 e. The van der Waals surface area contributed by atoms with E-state index in [4.69, 9.17) is 0 Å². The Morgan fingerprint density at radius 1 is 1.03 bits per heavy atom. The summed E-state index contributed by atoms with van der Waals surface area (Å²) in [7, 11) is 0. The summed E-state index contributed by atoms with van der Waals surface area (Å²) in [5.74, 6) is -0.283. The Balaban J connectivity index is 1.42. The van der Waals surface area contributed by atoms with E-state index in [0.717, 1.165) is 31.5 Å². The SMILES string of the molecule is Cc1ccc(C(=O)N2CCN(C(=O)c3cnn4c3CCCC4)CC2)cc1[N+](=O)[O-]. The smallest absolute Gasteiger partial charge is 0.273 e. The van der Waals surface area contributed by atoms with Crippen LogP contribution in [0.5, 0.6) is 0 Å². The third kappa shape index (κ3) is 3.59. The molecule has 0 radical (unpaired) electrons. The molecule has 1 aromatic carbocycles. The van der Waals surface area contributed by atoms with Crippen LogP contribution in [0.25, 0.3) is 0 Å². The van der Waals surface area contributed by atoms with Gasteiger partial charge in [-0.15, -0.1) is 0 Å². The van der Waals surface area contributed by atoms with Crippen molar-refractivity contribution in [3.05, 3.63) is 56.9 Å². The van der Waals surface area contributed by atoms with Gasteiger partial charge in [0.25, 0.3) is 17.5 Å². The van der Waals surface area contributed by atoms with E-state index in [1.807, 2.05) is 4.68 Å². The molecule has 0 atom stereocenters. The molecule has 2 aromatic rings. The second kappa shape index (κ2) is 7.65. The number of carbonyl (C=O) groups excluding carboxylic acids is 2. The fourth-order valence-electron chi connectivity index (χ4n) is 4.00. The van der Waals surface area contributed by atoms with Gasteiger partial charge in [0.2, 0.25) is 0 Å². The number of rotatable bonds is 3. The predicted octanol–water partition coefficient (Wildman–Crippen LogP) is 2.03. The first-order valence-corrected chi connectivity index (χ1v) is 9.84. The third-order valence-electron chi connectivity index (χ3n) is 5.72. The Hall–Kier alpha value is -3.23. The summed E-state index contributed by atoms with van der Waals surface area (Å²) in [6, 6.07) is 4.53. The monoisotopic (exact) mass is 397 g/mol. The van der Waals surface area contributed by atoms with Crippen molar-refractivity contribution in [2.75, 3.05) is 26.2 Å². The van der Waals surface area contributed by atoms with Gasteiger partial charge in [0.05, 0.1) is 22.4 Å². The number of piperazine rings is 1. The van der Waals surface area contributed by atoms with Gasteiger partial charge in [-0.1, -0.05) is 6.07 Å². The van der Waals surface area contributed by atoms with Gasteiger partial charge < -0.3 is 9.80 Å². The van der Waals surface area contributed by atoms with Gasteiger partial charge in [0.15, 0.2) is 0 Å². The maximum absolute atomic E-state index is 12.9. The molecule has 0 aliphatic carbocycles. The lowest BCUT2D eigenvalue weighted by Gasteiger charge is -2.35. The molecule has 0 saturated carbocycles. The lowest BCUT2D eigenvalue weighted by Crippen LogP contribution is -2.50. The zero-order valence-corrected chi connectivity index (χ0v) is 16.3. The number of hydrogen-bond acceptors (Lipinski definition) is 5. The zero-order chi connectivity index (χ0) is 20.5. The number of nitro groups is 1. The molecule has 9 nitrogen and oxygen atoms in total. The van der Waals surface area contributed by atoms with Crippen LogP contribution < -0.4 is 0 Å². The molecule has 2 amide bonds. The normalized spacial score (nSPS) is 16.4. The summed E-state index contributed by atoms with van der Waals surface area (Å²) in [6.07, 6.45) is 4.68. The van der Waals surface area contributed by atoms with E-state index >= 15 is 0 Å². The number of benzene rings is 1. The zero-order valence-electron chi connectivity index (χ0n) is 16.3. The molecule has 2 aliphatic rings. The second-order valence-electron chi connectivity index (χ2n) is 7.53. The number of nitro benzene ring substituents is 1. The van der Waals surface area contributed by atoms with Crippen molar-refractivity contribution in [1.82, 2.24) is 19.6 Å². The maximum atomic E-state index is 12.9. The van der Waals surface area contributed by atoms with E-state index in [-0.39, 0.29) is 17.5 Å². The number of carbonyl (C=O) groups is 2. The summed E-state index contributed by atoms with van der Waals surface area (Å²) in [5.41, 5.74) is 2.43. The minimum absolute atomic E-state index is 0.0359. The van der Waals surface area contributed by atoms with Crippen LogP contribution in [-0.2, 0) is 13.0 Å². The molecule has 0 unspecified atom stereocenters. The molecular formula is C20H23N5O4. The van der Waals surface area contributed by atoms with Crippen LogP contribution in [0, 0.1) is 17.0 Å². The van der Waals surface area contributed by atoms with Crippen LogP contribution in [0.4, 0.5) is 5.69 Å². The van der Waals surface area contributed by atoms with Gasteiger partial charge in [-0.25, -0.2) is 0 Å². The average molecular weight is 397 g/mol. The standard InChI is InChI=1S/C20H23N5O4/c1-14-5-6-15(12-18(14)25(28)29)19(26)22-8-10-23(11-9-22)20(27)16-13-21-24-7-3-2-4-17(16)24/h5-6,12-13H,2-4,7-11H2,1H3. The Bertz CT molecular complexity index is 975. The molecule has 3 heterocycles. The van der Waals surface area contributed by atoms with Crippen molar-refractivity contribution < 1.29 is 14.5 Å². The van der Waals surface area contributed by atoms with E-state index in [2.05, 4.69) is 5.10 Å². The first-order chi connectivity index (χ1) is 14.0. The van der Waals surface area contributed by atoms with Gasteiger partial charge >= 0.3 is 0 Å². The number of amides is 2. The lowest BCUT2D eigenvalue weighted by molar-refractivity contribution is -0.385. The van der Waals surface area contributed by atoms with Crippen LogP contribution in [-0.4, -0.2) is 62.5 Å². The van der Waals surface area contributed by atoms with Crippen molar-refractivity contribution in [2.24, 2.45) is 0 Å². The Kier molecular flexibility index (Phi) is 5.04. The Labute approximate surface area is 168 Å². The minimum atomic E-state index is -0.477. The summed E-state index contributed by atoms with van der Waals surface area (Å²) < 4.78 is 1.92. The topological polar surface area (TPSA) is 102 Å². The van der Waals surface area contributed by atoms with Crippen molar-refractivity contribution in [1.29, 1.82) is 0 Å². The molecule has 0 spiro atoms. The number of aromatic nitrogens is 2. The number of hydrogen-bond donors (Lipinski definition) is 0. The number of fused-ring (bicyclic) bond motifs is 1. The summed E-state index contributed by atoms with van der Waals surface area (Å²) in [5, 5.41) is 15.5. The minimum Gasteiger partial charge on any atom is -0.335 e. The largest absolute Gasteiger partial charge is 0.335 e. The van der Waals surface area contributed by atoms with Crippen molar-refractivity contribution in [3.63, 3.8) is 0 Å². The first kappa shape index (κ1) is 19.1. The highest BCUT2D eigenvalue weighted by atomic mass is 16.6. The van der Waals surface area contributed by atoms with Crippen LogP contribution in [0.15, 0.2) is 24.4 Å². The highest BCUT2D eigenvalue weighted by molar-refractivity contribution is 5.97. The van der Waals surface area contributed by atoms with E-state index in [1.165, 1.54) is 6.07 Å². The van der Waals surface area contributed by atoms with Crippen LogP contribution in [0.1, 0.15) is 44.8 Å². The summed E-state index contributed by atoms with van der Waals surface area (Å²) >= 11 is 0. The highest BCUT2D eigenvalue weighted by Crippen LogP contribution is 2.22. The van der Waals surface area contributed by atoms with E-state index in [1.54, 1.807) is 35.1 Å². The van der Waals surface area contributed by atoms with E-state index < -0.39 is 4.92 Å². The van der Waals surface area contributed by atoms with Crippen LogP contribution in [0.2, 0.25) is 0 Å². The van der Waals surface area contributed by atoms with Crippen molar-refractivity contribution >= 4 is 17.5 Å². The average Bonchev–Trinajstić information content (AvgIpc) is 3.17. The van der Waals surface area contributed by atoms with Gasteiger partial charge in [0, 0.05) is 49.9 Å². The van der Waals surface area contributed by atoms with Crippen molar-refractivity contribution in [3.8, 4) is 0 Å². The summed E-state index contributed by atoms with van der Waals surface area (Å²) in [4.78, 5) is 39.8. The molecule has 2 aliphatic heterocycles. The van der Waals surface area contributed by atoms with Gasteiger partial charge in [-0.05, 0) is 32.3 Å². The molecule has 0 bridgehead atoms. The second-order valence-corrected chi connectivity index (χ2v) is 7.53. The van der Waals surface area contributed by atoms with Crippen LogP contribution >= 0.6 is 0 Å². The Morgan fingerprint density at radius 2 is 1.72 bits per heavy atom. The predicted molar refractivity (Wildman–Crippen MR) is 105 cm³/mol. The van der Waals surface area contributed by atoms with Gasteiger partial charge in [0.1, 0.15) is 0 Å². The molecular weight excluding hydrogens is 374 g/mol. The molecule has 152 valence electrons. The molecule has 29 heavy (non-hydrogen) atoms. The van der Waals surface area contributed by atoms with Gasteiger partial charge in [-0.3, -0.25) is 24.4 Å². The summed E-state index contributed by atoms with van der Waals surface area (Å²) in [6.45, 7) is 4.16. The lowest BCUT2D eigenvalue weighted by atomic mass is 10.1. The molecule has 1 fully saturated rings. The van der Waals surface area contributed by atoms with Crippen molar-refractivity contribution in [2.45, 2.75) is 32.7 Å². The molecule has 0 N–H and O–H groups in total. The third-order valence-corrected chi connectivity index (χ3v) is 5.72. The number of aryl methyl sites for hydroxylation is 2. The van der Waals surface area contributed by atoms with E-state index in [9.17, 15) is 19.7 Å². The molecule has 9 heteroatoms. The quantitative estimate of drug-likeness (QED) is 0.583. The molecule has 4 rings (SSSR count). The fourth-order valence-corrected chi connectivity index (χ4v) is 4.00. The number of nitrogens with zero attached hydrogens (tertiary/aromatic N) is 5. The van der Waals surface area contributed by atoms with Crippen LogP contribution in [0.3, 0.4) is 0 Å². The van der Waals surface area contributed by atoms with E-state index in [0.29, 0.717) is 42.9 Å². The van der Waals surface area contributed by atoms with Gasteiger partial charge in [-0.2, -0.15) is 5.10 Å². The fraction of sp³-hybridized carbons (Fsp3) is 0.450. The molecule has 1 aromatic heterocycles. The first-order valence-electron chi connectivity index (χ1n) is 9.84.